The number of anilines is 1. The molecule has 17 heavy (non-hydrogen) atoms. The van der Waals surface area contributed by atoms with Crippen LogP contribution in [0.5, 0.6) is 0 Å². The van der Waals surface area contributed by atoms with Crippen LogP contribution in [0.3, 0.4) is 0 Å². The zero-order chi connectivity index (χ0) is 12.3. The Hall–Kier alpha value is -1.56. The molecule has 0 aromatic heterocycles. The molecular formula is C14H17FN2. The Kier molecular flexibility index (Phi) is 3.33. The summed E-state index contributed by atoms with van der Waals surface area (Å²) in [5, 5.41) is 12.4. The van der Waals surface area contributed by atoms with E-state index < -0.39 is 5.54 Å². The van der Waals surface area contributed by atoms with Gasteiger partial charge in [0.05, 0.1) is 11.8 Å². The van der Waals surface area contributed by atoms with E-state index in [-0.39, 0.29) is 5.82 Å². The molecule has 3 heteroatoms. The van der Waals surface area contributed by atoms with Crippen molar-refractivity contribution in [1.82, 2.24) is 0 Å². The lowest BCUT2D eigenvalue weighted by molar-refractivity contribution is 0.314. The largest absolute Gasteiger partial charge is 0.365 e. The Bertz CT molecular complexity index is 428. The number of para-hydroxylation sites is 1. The summed E-state index contributed by atoms with van der Waals surface area (Å²) in [6.07, 6.45) is 3.63. The fourth-order valence-corrected chi connectivity index (χ4v) is 2.34. The minimum atomic E-state index is -0.589. The predicted octanol–water partition coefficient (Wildman–Crippen LogP) is 3.71. The fraction of sp³-hybridized carbons (Fsp3) is 0.500. The smallest absolute Gasteiger partial charge is 0.146 e. The minimum Gasteiger partial charge on any atom is -0.365 e. The highest BCUT2D eigenvalue weighted by molar-refractivity contribution is 5.49. The van der Waals surface area contributed by atoms with E-state index in [9.17, 15) is 9.65 Å². The molecule has 1 aliphatic carbocycles. The first-order valence-corrected chi connectivity index (χ1v) is 6.09. The Labute approximate surface area is 101 Å². The van der Waals surface area contributed by atoms with Crippen LogP contribution in [0, 0.1) is 23.1 Å². The molecule has 2 rings (SSSR count). The molecule has 1 N–H and O–H groups in total. The molecule has 0 heterocycles. The Morgan fingerprint density at radius 2 is 2.00 bits per heavy atom. The van der Waals surface area contributed by atoms with Crippen LogP contribution < -0.4 is 5.32 Å². The van der Waals surface area contributed by atoms with Crippen molar-refractivity contribution >= 4 is 5.69 Å². The summed E-state index contributed by atoms with van der Waals surface area (Å²) in [6, 6.07) is 8.87. The van der Waals surface area contributed by atoms with Crippen molar-refractivity contribution < 1.29 is 4.39 Å². The minimum absolute atomic E-state index is 0.291. The van der Waals surface area contributed by atoms with E-state index in [0.717, 1.165) is 25.7 Å². The number of nitrogens with zero attached hydrogens (tertiary/aromatic N) is 1. The van der Waals surface area contributed by atoms with Gasteiger partial charge in [-0.3, -0.25) is 0 Å². The van der Waals surface area contributed by atoms with E-state index in [1.54, 1.807) is 18.2 Å². The lowest BCUT2D eigenvalue weighted by Gasteiger charge is -2.35. The van der Waals surface area contributed by atoms with E-state index >= 15 is 0 Å². The first-order chi connectivity index (χ1) is 8.15. The zero-order valence-corrected chi connectivity index (χ0v) is 10.0. The van der Waals surface area contributed by atoms with Gasteiger partial charge in [-0.25, -0.2) is 4.39 Å². The third-order valence-electron chi connectivity index (χ3n) is 3.59. The van der Waals surface area contributed by atoms with Gasteiger partial charge in [0.1, 0.15) is 11.4 Å². The van der Waals surface area contributed by atoms with E-state index in [0.29, 0.717) is 11.6 Å². The van der Waals surface area contributed by atoms with Crippen molar-refractivity contribution in [1.29, 1.82) is 5.26 Å². The summed E-state index contributed by atoms with van der Waals surface area (Å²) in [6.45, 7) is 2.20. The highest BCUT2D eigenvalue weighted by Crippen LogP contribution is 2.34. The molecule has 0 spiro atoms. The number of hydrogen-bond acceptors (Lipinski definition) is 2. The second-order valence-electron chi connectivity index (χ2n) is 4.98. The lowest BCUT2D eigenvalue weighted by atomic mass is 9.78. The first-order valence-electron chi connectivity index (χ1n) is 6.09. The molecule has 90 valence electrons. The quantitative estimate of drug-likeness (QED) is 0.843. The van der Waals surface area contributed by atoms with Crippen LogP contribution in [0.15, 0.2) is 24.3 Å². The van der Waals surface area contributed by atoms with Gasteiger partial charge in [-0.1, -0.05) is 19.1 Å². The summed E-state index contributed by atoms with van der Waals surface area (Å²) < 4.78 is 13.6. The van der Waals surface area contributed by atoms with E-state index in [4.69, 9.17) is 0 Å². The van der Waals surface area contributed by atoms with Crippen LogP contribution in [0.1, 0.15) is 32.6 Å². The van der Waals surface area contributed by atoms with Gasteiger partial charge in [0, 0.05) is 0 Å². The normalized spacial score (nSPS) is 28.4. The number of nitriles is 1. The summed E-state index contributed by atoms with van der Waals surface area (Å²) in [5.41, 5.74) is -0.155. The molecule has 0 saturated heterocycles. The van der Waals surface area contributed by atoms with Crippen LogP contribution in [-0.2, 0) is 0 Å². The van der Waals surface area contributed by atoms with Crippen LogP contribution in [0.4, 0.5) is 10.1 Å². The van der Waals surface area contributed by atoms with E-state index in [1.807, 2.05) is 0 Å². The molecule has 0 radical (unpaired) electrons. The first kappa shape index (κ1) is 11.9. The Morgan fingerprint density at radius 3 is 2.59 bits per heavy atom. The summed E-state index contributed by atoms with van der Waals surface area (Å²) in [5.74, 6) is 0.375. The molecule has 1 saturated carbocycles. The SMILES string of the molecule is CC1CCC(C#N)(Nc2ccccc2F)CC1. The lowest BCUT2D eigenvalue weighted by Crippen LogP contribution is -2.40. The maximum absolute atomic E-state index is 13.6. The van der Waals surface area contributed by atoms with Crippen molar-refractivity contribution in [3.8, 4) is 6.07 Å². The third-order valence-corrected chi connectivity index (χ3v) is 3.59. The maximum atomic E-state index is 13.6. The van der Waals surface area contributed by atoms with Crippen molar-refractivity contribution in [2.75, 3.05) is 5.32 Å². The number of halogens is 1. The molecule has 2 nitrogen and oxygen atoms in total. The van der Waals surface area contributed by atoms with E-state index in [1.165, 1.54) is 6.07 Å². The number of nitrogens with one attached hydrogen (secondary N) is 1. The van der Waals surface area contributed by atoms with Gasteiger partial charge in [0.2, 0.25) is 0 Å². The predicted molar refractivity (Wildman–Crippen MR) is 66.0 cm³/mol. The van der Waals surface area contributed by atoms with Gasteiger partial charge in [-0.15, -0.1) is 0 Å². The maximum Gasteiger partial charge on any atom is 0.146 e. The molecule has 1 fully saturated rings. The van der Waals surface area contributed by atoms with Gasteiger partial charge >= 0.3 is 0 Å². The summed E-state index contributed by atoms with van der Waals surface area (Å²) in [4.78, 5) is 0. The molecular weight excluding hydrogens is 215 g/mol. The van der Waals surface area contributed by atoms with Gasteiger partial charge in [0.25, 0.3) is 0 Å². The van der Waals surface area contributed by atoms with Crippen LogP contribution >= 0.6 is 0 Å². The molecule has 0 atom stereocenters. The van der Waals surface area contributed by atoms with Crippen molar-refractivity contribution in [2.45, 2.75) is 38.1 Å². The zero-order valence-electron chi connectivity index (χ0n) is 10.0. The Balaban J connectivity index is 2.16. The molecule has 0 aliphatic heterocycles. The molecule has 1 aromatic carbocycles. The third kappa shape index (κ3) is 2.58. The van der Waals surface area contributed by atoms with Crippen LogP contribution in [0.2, 0.25) is 0 Å². The molecule has 1 aliphatic rings. The number of benzene rings is 1. The molecule has 0 amide bonds. The summed E-state index contributed by atoms with van der Waals surface area (Å²) >= 11 is 0. The topological polar surface area (TPSA) is 35.8 Å². The number of hydrogen-bond donors (Lipinski definition) is 1. The molecule has 0 bridgehead atoms. The van der Waals surface area contributed by atoms with Crippen molar-refractivity contribution in [2.24, 2.45) is 5.92 Å². The fourth-order valence-electron chi connectivity index (χ4n) is 2.34. The highest BCUT2D eigenvalue weighted by Gasteiger charge is 2.34. The molecule has 1 aromatic rings. The monoisotopic (exact) mass is 232 g/mol. The van der Waals surface area contributed by atoms with Crippen molar-refractivity contribution in [3.63, 3.8) is 0 Å². The van der Waals surface area contributed by atoms with Crippen LogP contribution in [-0.4, -0.2) is 5.54 Å². The van der Waals surface area contributed by atoms with Gasteiger partial charge < -0.3 is 5.32 Å². The molecule has 0 unspecified atom stereocenters. The average molecular weight is 232 g/mol. The second-order valence-corrected chi connectivity index (χ2v) is 4.98. The van der Waals surface area contributed by atoms with E-state index in [2.05, 4.69) is 18.3 Å². The van der Waals surface area contributed by atoms with Gasteiger partial charge in [-0.2, -0.15) is 5.26 Å². The standard InChI is InChI=1S/C14H17FN2/c1-11-6-8-14(10-16,9-7-11)17-13-5-3-2-4-12(13)15/h2-5,11,17H,6-9H2,1H3. The second kappa shape index (κ2) is 4.75. The average Bonchev–Trinajstić information content (AvgIpc) is 2.35. The van der Waals surface area contributed by atoms with Gasteiger partial charge in [0.15, 0.2) is 0 Å². The summed E-state index contributed by atoms with van der Waals surface area (Å²) in [7, 11) is 0. The van der Waals surface area contributed by atoms with Crippen LogP contribution in [0.25, 0.3) is 0 Å². The van der Waals surface area contributed by atoms with Crippen molar-refractivity contribution in [3.05, 3.63) is 30.1 Å². The number of rotatable bonds is 2. The Morgan fingerprint density at radius 1 is 1.35 bits per heavy atom. The highest BCUT2D eigenvalue weighted by atomic mass is 19.1. The van der Waals surface area contributed by atoms with Gasteiger partial charge in [-0.05, 0) is 43.7 Å².